The van der Waals surface area contributed by atoms with Crippen molar-refractivity contribution in [3.05, 3.63) is 35.2 Å². The molecule has 140 valence electrons. The van der Waals surface area contributed by atoms with Gasteiger partial charge in [-0.2, -0.15) is 0 Å². The van der Waals surface area contributed by atoms with Crippen molar-refractivity contribution in [2.75, 3.05) is 22.6 Å². The van der Waals surface area contributed by atoms with Gasteiger partial charge < -0.3 is 9.73 Å². The molecule has 26 heavy (non-hydrogen) atoms. The van der Waals surface area contributed by atoms with Crippen LogP contribution < -0.4 is 5.32 Å². The van der Waals surface area contributed by atoms with Crippen molar-refractivity contribution >= 4 is 33.2 Å². The van der Waals surface area contributed by atoms with Gasteiger partial charge in [0.25, 0.3) is 5.22 Å². The van der Waals surface area contributed by atoms with E-state index in [4.69, 9.17) is 4.42 Å². The summed E-state index contributed by atoms with van der Waals surface area (Å²) in [4.78, 5) is 12.1. The maximum Gasteiger partial charge on any atom is 0.277 e. The van der Waals surface area contributed by atoms with E-state index in [1.54, 1.807) is 0 Å². The fourth-order valence-corrected chi connectivity index (χ4v) is 5.47. The third-order valence-electron chi connectivity index (χ3n) is 4.07. The Bertz CT molecular complexity index is 888. The average Bonchev–Trinajstić information content (AvgIpc) is 3.10. The molecule has 1 atom stereocenters. The lowest BCUT2D eigenvalue weighted by Gasteiger charge is -2.06. The number of nitrogens with one attached hydrogen (secondary N) is 1. The van der Waals surface area contributed by atoms with E-state index in [9.17, 15) is 13.2 Å². The minimum absolute atomic E-state index is 0.0335. The molecule has 0 unspecified atom stereocenters. The van der Waals surface area contributed by atoms with Crippen molar-refractivity contribution < 1.29 is 17.6 Å². The van der Waals surface area contributed by atoms with Gasteiger partial charge in [0.05, 0.1) is 17.3 Å². The van der Waals surface area contributed by atoms with Crippen LogP contribution in [0.25, 0.3) is 0 Å². The van der Waals surface area contributed by atoms with E-state index in [2.05, 4.69) is 15.5 Å². The first-order valence-electron chi connectivity index (χ1n) is 8.33. The number of carbonyl (C=O) groups is 1. The third-order valence-corrected chi connectivity index (χ3v) is 6.73. The third kappa shape index (κ3) is 5.31. The minimum atomic E-state index is -2.91. The number of aromatic nitrogens is 2. The van der Waals surface area contributed by atoms with E-state index in [1.807, 2.05) is 32.0 Å². The van der Waals surface area contributed by atoms with Gasteiger partial charge >= 0.3 is 0 Å². The zero-order chi connectivity index (χ0) is 18.7. The topological polar surface area (TPSA) is 102 Å². The van der Waals surface area contributed by atoms with E-state index < -0.39 is 9.84 Å². The molecule has 1 aromatic carbocycles. The molecule has 1 amide bonds. The van der Waals surface area contributed by atoms with Crippen LogP contribution in [-0.4, -0.2) is 41.8 Å². The smallest absolute Gasteiger partial charge is 0.277 e. The summed E-state index contributed by atoms with van der Waals surface area (Å²) in [5.41, 5.74) is 2.94. The Labute approximate surface area is 156 Å². The molecule has 1 saturated heterocycles. The Morgan fingerprint density at radius 3 is 2.65 bits per heavy atom. The molecule has 1 fully saturated rings. The maximum atomic E-state index is 12.1. The largest absolute Gasteiger partial charge is 0.416 e. The van der Waals surface area contributed by atoms with Gasteiger partial charge in [-0.25, -0.2) is 8.42 Å². The fraction of sp³-hybridized carbons (Fsp3) is 0.471. The Balaban J connectivity index is 1.49. The molecule has 9 heteroatoms. The van der Waals surface area contributed by atoms with E-state index in [-0.39, 0.29) is 29.1 Å². The summed E-state index contributed by atoms with van der Waals surface area (Å²) in [7, 11) is -2.91. The Morgan fingerprint density at radius 1 is 1.27 bits per heavy atom. The average molecular weight is 396 g/mol. The van der Waals surface area contributed by atoms with Crippen molar-refractivity contribution in [1.29, 1.82) is 0 Å². The SMILES string of the molecule is Cc1cc(C)cc(NC(=O)CSc2nnc(C[C@H]3CCS(=O)(=O)C3)o2)c1. The molecular formula is C17H21N3O4S2. The second kappa shape index (κ2) is 7.79. The summed E-state index contributed by atoms with van der Waals surface area (Å²) >= 11 is 1.16. The van der Waals surface area contributed by atoms with Gasteiger partial charge in [0.15, 0.2) is 9.84 Å². The van der Waals surface area contributed by atoms with Gasteiger partial charge in [-0.05, 0) is 49.4 Å². The lowest BCUT2D eigenvalue weighted by molar-refractivity contribution is -0.113. The summed E-state index contributed by atoms with van der Waals surface area (Å²) < 4.78 is 28.5. The number of thioether (sulfide) groups is 1. The number of sulfone groups is 1. The van der Waals surface area contributed by atoms with E-state index >= 15 is 0 Å². The predicted octanol–water partition coefficient (Wildman–Crippen LogP) is 2.39. The second-order valence-electron chi connectivity index (χ2n) is 6.65. The molecule has 0 saturated carbocycles. The van der Waals surface area contributed by atoms with Gasteiger partial charge in [0, 0.05) is 12.1 Å². The zero-order valence-electron chi connectivity index (χ0n) is 14.7. The molecule has 2 heterocycles. The normalized spacial score (nSPS) is 18.8. The molecule has 1 aromatic heterocycles. The molecule has 7 nitrogen and oxygen atoms in total. The van der Waals surface area contributed by atoms with Crippen molar-refractivity contribution in [1.82, 2.24) is 10.2 Å². The Morgan fingerprint density at radius 2 is 2.00 bits per heavy atom. The predicted molar refractivity (Wildman–Crippen MR) is 100 cm³/mol. The van der Waals surface area contributed by atoms with Gasteiger partial charge in [0.1, 0.15) is 0 Å². The fourth-order valence-electron chi connectivity index (χ4n) is 3.03. The van der Waals surface area contributed by atoms with Crippen LogP contribution in [0.2, 0.25) is 0 Å². The number of hydrogen-bond acceptors (Lipinski definition) is 7. The van der Waals surface area contributed by atoms with Crippen LogP contribution >= 0.6 is 11.8 Å². The molecule has 2 aromatic rings. The van der Waals surface area contributed by atoms with Crippen molar-refractivity contribution in [3.8, 4) is 0 Å². The van der Waals surface area contributed by atoms with Crippen LogP contribution in [-0.2, 0) is 21.1 Å². The highest BCUT2D eigenvalue weighted by Crippen LogP contribution is 2.24. The molecule has 1 N–H and O–H groups in total. The van der Waals surface area contributed by atoms with Crippen molar-refractivity contribution in [2.24, 2.45) is 5.92 Å². The summed E-state index contributed by atoms with van der Waals surface area (Å²) in [5, 5.41) is 11.0. The first kappa shape index (κ1) is 18.9. The lowest BCUT2D eigenvalue weighted by Crippen LogP contribution is -2.14. The molecule has 0 bridgehead atoms. The highest BCUT2D eigenvalue weighted by atomic mass is 32.2. The van der Waals surface area contributed by atoms with Crippen LogP contribution in [0.5, 0.6) is 0 Å². The van der Waals surface area contributed by atoms with Crippen LogP contribution in [0.1, 0.15) is 23.4 Å². The quantitative estimate of drug-likeness (QED) is 0.749. The summed E-state index contributed by atoms with van der Waals surface area (Å²) in [6.07, 6.45) is 1.09. The zero-order valence-corrected chi connectivity index (χ0v) is 16.3. The van der Waals surface area contributed by atoms with Crippen LogP contribution in [0.15, 0.2) is 27.8 Å². The Kier molecular flexibility index (Phi) is 5.67. The monoisotopic (exact) mass is 395 g/mol. The number of rotatable bonds is 6. The molecule has 0 spiro atoms. The molecular weight excluding hydrogens is 374 g/mol. The number of carbonyl (C=O) groups excluding carboxylic acids is 1. The molecule has 0 radical (unpaired) electrons. The summed E-state index contributed by atoms with van der Waals surface area (Å²) in [6.45, 7) is 3.96. The molecule has 1 aliphatic rings. The first-order chi connectivity index (χ1) is 12.3. The van der Waals surface area contributed by atoms with Gasteiger partial charge in [0.2, 0.25) is 11.8 Å². The van der Waals surface area contributed by atoms with E-state index in [1.165, 1.54) is 0 Å². The van der Waals surface area contributed by atoms with E-state index in [0.717, 1.165) is 28.6 Å². The molecule has 3 rings (SSSR count). The number of benzene rings is 1. The van der Waals surface area contributed by atoms with Gasteiger partial charge in [-0.15, -0.1) is 10.2 Å². The van der Waals surface area contributed by atoms with Crippen molar-refractivity contribution in [2.45, 2.75) is 31.9 Å². The summed E-state index contributed by atoms with van der Waals surface area (Å²) in [5.74, 6) is 0.867. The number of anilines is 1. The van der Waals surface area contributed by atoms with Crippen LogP contribution in [0.3, 0.4) is 0 Å². The van der Waals surface area contributed by atoms with Gasteiger partial charge in [-0.1, -0.05) is 17.8 Å². The van der Waals surface area contributed by atoms with E-state index in [0.29, 0.717) is 24.0 Å². The maximum absolute atomic E-state index is 12.1. The molecule has 0 aliphatic carbocycles. The second-order valence-corrected chi connectivity index (χ2v) is 9.80. The van der Waals surface area contributed by atoms with Gasteiger partial charge in [-0.3, -0.25) is 4.79 Å². The lowest BCUT2D eigenvalue weighted by atomic mass is 10.1. The van der Waals surface area contributed by atoms with Crippen LogP contribution in [0, 0.1) is 19.8 Å². The summed E-state index contributed by atoms with van der Waals surface area (Å²) in [6, 6.07) is 5.87. The van der Waals surface area contributed by atoms with Crippen LogP contribution in [0.4, 0.5) is 5.69 Å². The highest BCUT2D eigenvalue weighted by Gasteiger charge is 2.29. The van der Waals surface area contributed by atoms with Crippen molar-refractivity contribution in [3.63, 3.8) is 0 Å². The standard InChI is InChI=1S/C17H21N3O4S2/c1-11-5-12(2)7-14(6-11)18-15(21)9-25-17-20-19-16(24-17)8-13-3-4-26(22,23)10-13/h5-7,13H,3-4,8-10H2,1-2H3,(H,18,21)/t13-/m1/s1. The minimum Gasteiger partial charge on any atom is -0.416 e. The number of hydrogen-bond donors (Lipinski definition) is 1. The first-order valence-corrected chi connectivity index (χ1v) is 11.1. The number of nitrogens with zero attached hydrogens (tertiary/aromatic N) is 2. The number of aryl methyl sites for hydroxylation is 2. The number of amides is 1. The highest BCUT2D eigenvalue weighted by molar-refractivity contribution is 7.99. The molecule has 1 aliphatic heterocycles. The Hall–Kier alpha value is -1.87.